The highest BCUT2D eigenvalue weighted by atomic mass is 32.2. The van der Waals surface area contributed by atoms with Crippen molar-refractivity contribution in [2.75, 3.05) is 32.6 Å². The van der Waals surface area contributed by atoms with Gasteiger partial charge in [-0.15, -0.1) is 0 Å². The monoisotopic (exact) mass is 461 g/mol. The molecule has 0 aromatic heterocycles. The van der Waals surface area contributed by atoms with Crippen LogP contribution in [0.3, 0.4) is 0 Å². The molecule has 0 radical (unpaired) electrons. The minimum Gasteiger partial charge on any atom is -0.493 e. The normalized spacial score (nSPS) is 15.7. The number of anilines is 1. The molecule has 0 bridgehead atoms. The van der Waals surface area contributed by atoms with Crippen LogP contribution in [0.4, 0.5) is 5.69 Å². The van der Waals surface area contributed by atoms with Crippen LogP contribution in [-0.2, 0) is 21.4 Å². The third-order valence-corrected chi connectivity index (χ3v) is 7.44. The Balaban J connectivity index is 1.56. The van der Waals surface area contributed by atoms with Gasteiger partial charge in [-0.05, 0) is 61.7 Å². The maximum absolute atomic E-state index is 12.7. The molecule has 2 aromatic rings. The van der Waals surface area contributed by atoms with Gasteiger partial charge in [-0.2, -0.15) is 4.31 Å². The lowest BCUT2D eigenvalue weighted by Gasteiger charge is -2.25. The van der Waals surface area contributed by atoms with Gasteiger partial charge in [-0.3, -0.25) is 4.79 Å². The lowest BCUT2D eigenvalue weighted by molar-refractivity contribution is -0.117. The number of piperidine rings is 1. The second kappa shape index (κ2) is 10.8. The summed E-state index contributed by atoms with van der Waals surface area (Å²) in [6, 6.07) is 11.5. The molecule has 1 aliphatic rings. The Bertz CT molecular complexity index is 1020. The van der Waals surface area contributed by atoms with Gasteiger partial charge in [0.25, 0.3) is 0 Å². The molecule has 3 rings (SSSR count). The van der Waals surface area contributed by atoms with Gasteiger partial charge in [-0.1, -0.05) is 12.5 Å². The number of nitrogens with one attached hydrogen (secondary N) is 2. The Kier molecular flexibility index (Phi) is 8.11. The summed E-state index contributed by atoms with van der Waals surface area (Å²) in [5.41, 5.74) is 1.50. The summed E-state index contributed by atoms with van der Waals surface area (Å²) in [5, 5.41) is 6.00. The summed E-state index contributed by atoms with van der Waals surface area (Å²) in [7, 11) is -0.326. The standard InChI is InChI=1S/C23H31N3O5S/c1-17(24-16-18-7-12-21(30-2)22(15-18)31-3)23(27)25-19-8-10-20(11-9-19)32(28,29)26-13-5-4-6-14-26/h7-12,15,17,24H,4-6,13-14,16H2,1-3H3,(H,25,27). The zero-order valence-electron chi connectivity index (χ0n) is 18.8. The second-order valence-corrected chi connectivity index (χ2v) is 9.71. The number of nitrogens with zero attached hydrogens (tertiary/aromatic N) is 1. The first-order chi connectivity index (χ1) is 15.3. The maximum atomic E-state index is 12.7. The van der Waals surface area contributed by atoms with E-state index in [4.69, 9.17) is 9.47 Å². The predicted molar refractivity (Wildman–Crippen MR) is 124 cm³/mol. The highest BCUT2D eigenvalue weighted by Gasteiger charge is 2.25. The summed E-state index contributed by atoms with van der Waals surface area (Å²) < 4.78 is 37.6. The van der Waals surface area contributed by atoms with E-state index in [0.717, 1.165) is 24.8 Å². The van der Waals surface area contributed by atoms with Gasteiger partial charge in [0.2, 0.25) is 15.9 Å². The van der Waals surface area contributed by atoms with Crippen molar-refractivity contribution in [1.82, 2.24) is 9.62 Å². The fraction of sp³-hybridized carbons (Fsp3) is 0.435. The molecule has 9 heteroatoms. The highest BCUT2D eigenvalue weighted by Crippen LogP contribution is 2.27. The SMILES string of the molecule is COc1ccc(CNC(C)C(=O)Nc2ccc(S(=O)(=O)N3CCCCC3)cc2)cc1OC. The molecule has 1 heterocycles. The first-order valence-corrected chi connectivity index (χ1v) is 12.1. The van der Waals surface area contributed by atoms with Gasteiger partial charge >= 0.3 is 0 Å². The topological polar surface area (TPSA) is 97.0 Å². The number of hydrogen-bond donors (Lipinski definition) is 2. The van der Waals surface area contributed by atoms with E-state index in [1.807, 2.05) is 18.2 Å². The zero-order chi connectivity index (χ0) is 23.1. The molecule has 0 saturated carbocycles. The third kappa shape index (κ3) is 5.79. The highest BCUT2D eigenvalue weighted by molar-refractivity contribution is 7.89. The van der Waals surface area contributed by atoms with Gasteiger partial charge in [0.15, 0.2) is 11.5 Å². The Morgan fingerprint density at radius 2 is 1.66 bits per heavy atom. The van der Waals surface area contributed by atoms with E-state index in [1.54, 1.807) is 45.4 Å². The lowest BCUT2D eigenvalue weighted by Crippen LogP contribution is -2.37. The summed E-state index contributed by atoms with van der Waals surface area (Å²) in [6.45, 7) is 3.36. The molecular formula is C23H31N3O5S. The van der Waals surface area contributed by atoms with Crippen molar-refractivity contribution < 1.29 is 22.7 Å². The Labute approximate surface area is 190 Å². The number of carbonyl (C=O) groups excluding carboxylic acids is 1. The number of hydrogen-bond acceptors (Lipinski definition) is 6. The molecule has 174 valence electrons. The largest absolute Gasteiger partial charge is 0.493 e. The van der Waals surface area contributed by atoms with Crippen LogP contribution in [0.1, 0.15) is 31.7 Å². The van der Waals surface area contributed by atoms with Crippen LogP contribution < -0.4 is 20.1 Å². The summed E-state index contributed by atoms with van der Waals surface area (Å²) in [4.78, 5) is 12.8. The van der Waals surface area contributed by atoms with E-state index in [1.165, 1.54) is 4.31 Å². The first-order valence-electron chi connectivity index (χ1n) is 10.7. The number of methoxy groups -OCH3 is 2. The average Bonchev–Trinajstić information content (AvgIpc) is 2.83. The third-order valence-electron chi connectivity index (χ3n) is 5.53. The zero-order valence-corrected chi connectivity index (χ0v) is 19.6. The predicted octanol–water partition coefficient (Wildman–Crippen LogP) is 3.00. The molecule has 0 spiro atoms. The van der Waals surface area contributed by atoms with E-state index in [0.29, 0.717) is 36.8 Å². The number of carbonyl (C=O) groups is 1. The number of benzene rings is 2. The summed E-state index contributed by atoms with van der Waals surface area (Å²) in [6.07, 6.45) is 2.85. The maximum Gasteiger partial charge on any atom is 0.243 e. The van der Waals surface area contributed by atoms with Crippen LogP contribution in [0.2, 0.25) is 0 Å². The number of amides is 1. The average molecular weight is 462 g/mol. The molecule has 2 N–H and O–H groups in total. The van der Waals surface area contributed by atoms with Crippen molar-refractivity contribution in [2.45, 2.75) is 43.7 Å². The van der Waals surface area contributed by atoms with E-state index in [9.17, 15) is 13.2 Å². The quantitative estimate of drug-likeness (QED) is 0.596. The fourth-order valence-corrected chi connectivity index (χ4v) is 5.09. The summed E-state index contributed by atoms with van der Waals surface area (Å²) >= 11 is 0. The number of sulfonamides is 1. The molecule has 8 nitrogen and oxygen atoms in total. The molecule has 1 atom stereocenters. The van der Waals surface area contributed by atoms with Crippen molar-refractivity contribution in [3.8, 4) is 11.5 Å². The molecular weight excluding hydrogens is 430 g/mol. The smallest absolute Gasteiger partial charge is 0.243 e. The van der Waals surface area contributed by atoms with Gasteiger partial charge in [-0.25, -0.2) is 8.42 Å². The van der Waals surface area contributed by atoms with Gasteiger partial charge < -0.3 is 20.1 Å². The number of ether oxygens (including phenoxy) is 2. The van der Waals surface area contributed by atoms with Crippen molar-refractivity contribution in [1.29, 1.82) is 0 Å². The van der Waals surface area contributed by atoms with E-state index >= 15 is 0 Å². The van der Waals surface area contributed by atoms with Crippen molar-refractivity contribution in [3.05, 3.63) is 48.0 Å². The Morgan fingerprint density at radius 1 is 1.00 bits per heavy atom. The molecule has 1 aliphatic heterocycles. The van der Waals surface area contributed by atoms with Crippen LogP contribution in [0.5, 0.6) is 11.5 Å². The van der Waals surface area contributed by atoms with Crippen molar-refractivity contribution >= 4 is 21.6 Å². The van der Waals surface area contributed by atoms with E-state index < -0.39 is 16.1 Å². The Morgan fingerprint density at radius 3 is 2.28 bits per heavy atom. The first kappa shape index (κ1) is 24.0. The van der Waals surface area contributed by atoms with E-state index in [2.05, 4.69) is 10.6 Å². The molecule has 1 amide bonds. The Hall–Kier alpha value is -2.62. The lowest BCUT2D eigenvalue weighted by atomic mass is 10.2. The number of rotatable bonds is 9. The van der Waals surface area contributed by atoms with Crippen LogP contribution >= 0.6 is 0 Å². The second-order valence-electron chi connectivity index (χ2n) is 7.77. The minimum atomic E-state index is -3.48. The molecule has 1 saturated heterocycles. The van der Waals surface area contributed by atoms with Crippen LogP contribution in [0.15, 0.2) is 47.4 Å². The van der Waals surface area contributed by atoms with Crippen molar-refractivity contribution in [2.24, 2.45) is 0 Å². The summed E-state index contributed by atoms with van der Waals surface area (Å²) in [5.74, 6) is 1.06. The van der Waals surface area contributed by atoms with E-state index in [-0.39, 0.29) is 10.8 Å². The van der Waals surface area contributed by atoms with Crippen molar-refractivity contribution in [3.63, 3.8) is 0 Å². The van der Waals surface area contributed by atoms with Crippen LogP contribution in [-0.4, -0.2) is 52.0 Å². The molecule has 1 unspecified atom stereocenters. The van der Waals surface area contributed by atoms with Gasteiger partial charge in [0.05, 0.1) is 25.2 Å². The molecule has 32 heavy (non-hydrogen) atoms. The van der Waals surface area contributed by atoms with Gasteiger partial charge in [0, 0.05) is 25.3 Å². The fourth-order valence-electron chi connectivity index (χ4n) is 3.57. The van der Waals surface area contributed by atoms with Gasteiger partial charge in [0.1, 0.15) is 0 Å². The van der Waals surface area contributed by atoms with Crippen LogP contribution in [0, 0.1) is 0 Å². The molecule has 0 aliphatic carbocycles. The molecule has 2 aromatic carbocycles. The minimum absolute atomic E-state index is 0.211. The van der Waals surface area contributed by atoms with Crippen LogP contribution in [0.25, 0.3) is 0 Å². The molecule has 1 fully saturated rings.